The van der Waals surface area contributed by atoms with Crippen molar-refractivity contribution in [1.82, 2.24) is 19.6 Å². The van der Waals surface area contributed by atoms with E-state index >= 15 is 4.39 Å². The van der Waals surface area contributed by atoms with Gasteiger partial charge in [0.25, 0.3) is 0 Å². The summed E-state index contributed by atoms with van der Waals surface area (Å²) in [6.07, 6.45) is 2.06. The number of rotatable bonds is 9. The van der Waals surface area contributed by atoms with E-state index in [1.807, 2.05) is 32.3 Å². The average molecular weight is 583 g/mol. The number of amides is 1. The van der Waals surface area contributed by atoms with Crippen molar-refractivity contribution in [3.63, 3.8) is 0 Å². The number of methoxy groups -OCH3 is 1. The molecule has 2 N–H and O–H groups in total. The fourth-order valence-electron chi connectivity index (χ4n) is 4.69. The number of likely N-dealkylation sites (N-methyl/N-ethyl adjacent to an activating group) is 1. The largest absolute Gasteiger partial charge is 0.495 e. The van der Waals surface area contributed by atoms with Gasteiger partial charge >= 0.3 is 0 Å². The lowest BCUT2D eigenvalue weighted by molar-refractivity contribution is -0.134. The highest BCUT2D eigenvalue weighted by Gasteiger charge is 2.32. The van der Waals surface area contributed by atoms with E-state index < -0.39 is 22.1 Å². The summed E-state index contributed by atoms with van der Waals surface area (Å²) in [5, 5.41) is 11.9. The predicted octanol–water partition coefficient (Wildman–Crippen LogP) is 2.93. The molecule has 10 nitrogen and oxygen atoms in total. The number of ether oxygens (including phenoxy) is 1. The molecule has 1 amide bonds. The van der Waals surface area contributed by atoms with Crippen molar-refractivity contribution in [1.29, 1.82) is 0 Å². The summed E-state index contributed by atoms with van der Waals surface area (Å²) in [5.74, 6) is 3.33. The Bertz CT molecular complexity index is 1610. The predicted molar refractivity (Wildman–Crippen MR) is 160 cm³/mol. The molecule has 3 aromatic rings. The lowest BCUT2D eigenvalue weighted by atomic mass is 10.0. The van der Waals surface area contributed by atoms with Crippen molar-refractivity contribution in [2.45, 2.75) is 23.5 Å². The lowest BCUT2D eigenvalue weighted by Gasteiger charge is -2.36. The Morgan fingerprint density at radius 2 is 2.07 bits per heavy atom. The van der Waals surface area contributed by atoms with Crippen LogP contribution in [0.1, 0.15) is 12.1 Å². The van der Waals surface area contributed by atoms with Gasteiger partial charge in [-0.3, -0.25) is 4.79 Å². The topological polar surface area (TPSA) is 109 Å². The molecule has 2 aromatic carbocycles. The zero-order valence-corrected chi connectivity index (χ0v) is 24.5. The molecule has 2 atom stereocenters. The molecule has 2 heterocycles. The number of nitrogens with one attached hydrogen (secondary N) is 2. The maximum absolute atomic E-state index is 15.1. The molecule has 1 aliphatic rings. The van der Waals surface area contributed by atoms with Crippen LogP contribution in [0.2, 0.25) is 0 Å². The van der Waals surface area contributed by atoms with E-state index in [4.69, 9.17) is 4.74 Å². The fraction of sp³-hybridized carbons (Fsp3) is 0.379. The number of aromatic nitrogens is 2. The van der Waals surface area contributed by atoms with Gasteiger partial charge in [0.15, 0.2) is 9.84 Å². The number of carbonyl (C=O) groups excluding carboxylic acids is 1. The van der Waals surface area contributed by atoms with Gasteiger partial charge in [-0.05, 0) is 44.8 Å². The van der Waals surface area contributed by atoms with Crippen LogP contribution in [0.4, 0.5) is 15.8 Å². The number of likely N-dealkylation sites (tertiary alicyclic amines) is 1. The molecule has 0 radical (unpaired) electrons. The van der Waals surface area contributed by atoms with Crippen LogP contribution in [-0.2, 0) is 14.6 Å². The Morgan fingerprint density at radius 1 is 1.29 bits per heavy atom. The average Bonchev–Trinajstić information content (AvgIpc) is 3.29. The van der Waals surface area contributed by atoms with E-state index in [2.05, 4.69) is 34.3 Å². The van der Waals surface area contributed by atoms with Gasteiger partial charge < -0.3 is 25.2 Å². The van der Waals surface area contributed by atoms with E-state index in [0.29, 0.717) is 41.3 Å². The number of nitrogens with zero attached hydrogens (tertiary/aromatic N) is 4. The molecule has 0 bridgehead atoms. The van der Waals surface area contributed by atoms with Gasteiger partial charge in [0, 0.05) is 30.3 Å². The highest BCUT2D eigenvalue weighted by atomic mass is 32.2. The van der Waals surface area contributed by atoms with Crippen LogP contribution in [0.3, 0.4) is 0 Å². The van der Waals surface area contributed by atoms with Crippen molar-refractivity contribution >= 4 is 44.1 Å². The van der Waals surface area contributed by atoms with E-state index in [1.54, 1.807) is 21.9 Å². The van der Waals surface area contributed by atoms with Gasteiger partial charge in [-0.25, -0.2) is 12.8 Å². The number of hydrogen-bond donors (Lipinski definition) is 2. The standard InChI is InChI=1S/C29H35FN6O4S/c1-6-26-21-9-7-10-25(32-23-13-16-35(18-22(23)30)28(37)19-34(2)3)29(21)33-36(26)15-8-14-31-24-12-11-20(41(5,38)39)17-27(24)40-4/h6-7,9-12,17,22-23,31-32H,1,13-14,16,18-19H2,2-5H3/t22-,23+/m0/s1. The monoisotopic (exact) mass is 582 g/mol. The SMILES string of the molecule is C=Cc1c2cccc(N[C@@H]3CCN(C(=O)CN(C)C)C[C@@H]3F)c2nn1C#CCNc1ccc(S(C)(=O)=O)cc1OC. The lowest BCUT2D eigenvalue weighted by Crippen LogP contribution is -2.51. The van der Waals surface area contributed by atoms with Crippen LogP contribution in [0, 0.1) is 12.0 Å². The molecule has 0 spiro atoms. The van der Waals surface area contributed by atoms with Gasteiger partial charge in [0.2, 0.25) is 5.91 Å². The minimum atomic E-state index is -3.36. The molecular weight excluding hydrogens is 547 g/mol. The number of carbonyl (C=O) groups is 1. The first-order valence-electron chi connectivity index (χ1n) is 13.1. The first-order chi connectivity index (χ1) is 19.5. The van der Waals surface area contributed by atoms with Crippen LogP contribution >= 0.6 is 0 Å². The number of benzene rings is 2. The van der Waals surface area contributed by atoms with Gasteiger partial charge in [-0.15, -0.1) is 0 Å². The fourth-order valence-corrected chi connectivity index (χ4v) is 5.33. The Morgan fingerprint density at radius 3 is 2.73 bits per heavy atom. The minimum absolute atomic E-state index is 0.0485. The second-order valence-electron chi connectivity index (χ2n) is 10.1. The first-order valence-corrected chi connectivity index (χ1v) is 15.0. The molecular formula is C29H35FN6O4S. The molecule has 1 aliphatic heterocycles. The maximum Gasteiger partial charge on any atom is 0.236 e. The number of anilines is 2. The quantitative estimate of drug-likeness (QED) is 0.371. The Hall–Kier alpha value is -4.08. The Kier molecular flexibility index (Phi) is 9.20. The number of sulfone groups is 1. The minimum Gasteiger partial charge on any atom is -0.495 e. The summed E-state index contributed by atoms with van der Waals surface area (Å²) in [6, 6.07) is 12.8. The van der Waals surface area contributed by atoms with Crippen LogP contribution in [-0.4, -0.2) is 99.8 Å². The number of hydrogen-bond acceptors (Lipinski definition) is 8. The Balaban J connectivity index is 1.49. The van der Waals surface area contributed by atoms with Crippen LogP contribution < -0.4 is 15.4 Å². The number of alkyl halides is 1. The van der Waals surface area contributed by atoms with Gasteiger partial charge in [0.1, 0.15) is 17.4 Å². The Labute approximate surface area is 240 Å². The molecule has 0 unspecified atom stereocenters. The van der Waals surface area contributed by atoms with Crippen LogP contribution in [0.25, 0.3) is 17.0 Å². The van der Waals surface area contributed by atoms with E-state index in [9.17, 15) is 13.2 Å². The summed E-state index contributed by atoms with van der Waals surface area (Å²) >= 11 is 0. The molecule has 218 valence electrons. The third-order valence-corrected chi connectivity index (χ3v) is 7.88. The van der Waals surface area contributed by atoms with Crippen LogP contribution in [0.15, 0.2) is 47.9 Å². The third kappa shape index (κ3) is 6.99. The summed E-state index contributed by atoms with van der Waals surface area (Å²) in [5.41, 5.74) is 2.62. The first kappa shape index (κ1) is 29.9. The second-order valence-corrected chi connectivity index (χ2v) is 12.1. The molecule has 41 heavy (non-hydrogen) atoms. The molecule has 12 heteroatoms. The second kappa shape index (κ2) is 12.6. The summed E-state index contributed by atoms with van der Waals surface area (Å²) in [6.45, 7) is 4.93. The highest BCUT2D eigenvalue weighted by molar-refractivity contribution is 7.90. The smallest absolute Gasteiger partial charge is 0.236 e. The van der Waals surface area contributed by atoms with E-state index in [0.717, 1.165) is 11.6 Å². The molecule has 1 fully saturated rings. The zero-order chi connectivity index (χ0) is 29.7. The molecule has 0 saturated carbocycles. The van der Waals surface area contributed by atoms with Gasteiger partial charge in [-0.2, -0.15) is 9.78 Å². The van der Waals surface area contributed by atoms with Crippen molar-refractivity contribution < 1.29 is 22.3 Å². The zero-order valence-electron chi connectivity index (χ0n) is 23.6. The van der Waals surface area contributed by atoms with Crippen LogP contribution in [0.5, 0.6) is 5.75 Å². The molecule has 1 saturated heterocycles. The highest BCUT2D eigenvalue weighted by Crippen LogP contribution is 2.29. The number of piperidine rings is 1. The van der Waals surface area contributed by atoms with Crippen molar-refractivity contribution in [3.05, 3.63) is 48.7 Å². The third-order valence-electron chi connectivity index (χ3n) is 6.77. The molecule has 4 rings (SSSR count). The van der Waals surface area contributed by atoms with E-state index in [1.165, 1.54) is 23.9 Å². The van der Waals surface area contributed by atoms with Gasteiger partial charge in [0.05, 0.1) is 54.8 Å². The van der Waals surface area contributed by atoms with Crippen molar-refractivity contribution in [2.24, 2.45) is 0 Å². The molecule has 1 aromatic heterocycles. The van der Waals surface area contributed by atoms with E-state index in [-0.39, 0.29) is 30.4 Å². The molecule has 0 aliphatic carbocycles. The summed E-state index contributed by atoms with van der Waals surface area (Å²) in [7, 11) is 1.74. The van der Waals surface area contributed by atoms with Gasteiger partial charge in [-0.1, -0.05) is 24.6 Å². The summed E-state index contributed by atoms with van der Waals surface area (Å²) in [4.78, 5) is 15.9. The number of fused-ring (bicyclic) bond motifs is 1. The van der Waals surface area contributed by atoms with Crippen molar-refractivity contribution in [2.75, 3.05) is 64.3 Å². The van der Waals surface area contributed by atoms with Crippen molar-refractivity contribution in [3.8, 4) is 17.7 Å². The number of halogens is 1. The normalized spacial score (nSPS) is 17.2. The summed E-state index contributed by atoms with van der Waals surface area (Å²) < 4.78 is 45.7. The maximum atomic E-state index is 15.1.